The van der Waals surface area contributed by atoms with Crippen LogP contribution in [0.2, 0.25) is 0 Å². The number of aromatic nitrogens is 5. The lowest BCUT2D eigenvalue weighted by atomic mass is 10.2. The van der Waals surface area contributed by atoms with Gasteiger partial charge in [-0.05, 0) is 28.9 Å². The maximum atomic E-state index is 12.5. The minimum Gasteiger partial charge on any atom is -0.496 e. The highest BCUT2D eigenvalue weighted by molar-refractivity contribution is 5.94. The molecule has 2 aromatic heterocycles. The third-order valence-electron chi connectivity index (χ3n) is 3.67. The molecule has 0 spiro atoms. The maximum absolute atomic E-state index is 12.5. The molecular weight excluding hydrogens is 352 g/mol. The van der Waals surface area contributed by atoms with E-state index in [1.807, 2.05) is 25.1 Å². The number of hydrogen-bond acceptors (Lipinski definition) is 9. The number of nitrogens with zero attached hydrogens (tertiary/aromatic N) is 6. The lowest BCUT2D eigenvalue weighted by Crippen LogP contribution is -2.20. The summed E-state index contributed by atoms with van der Waals surface area (Å²) < 4.78 is 11.2. The zero-order valence-corrected chi connectivity index (χ0v) is 14.8. The van der Waals surface area contributed by atoms with E-state index in [9.17, 15) is 4.79 Å². The van der Waals surface area contributed by atoms with Crippen LogP contribution in [0.5, 0.6) is 5.75 Å². The van der Waals surface area contributed by atoms with Crippen LogP contribution in [0, 0.1) is 0 Å². The van der Waals surface area contributed by atoms with Crippen molar-refractivity contribution in [1.29, 1.82) is 0 Å². The van der Waals surface area contributed by atoms with Gasteiger partial charge < -0.3 is 10.5 Å². The maximum Gasteiger partial charge on any atom is 0.293 e. The largest absolute Gasteiger partial charge is 0.496 e. The van der Waals surface area contributed by atoms with Crippen LogP contribution in [0.4, 0.5) is 5.82 Å². The summed E-state index contributed by atoms with van der Waals surface area (Å²) in [5.41, 5.74) is 9.52. The average Bonchev–Trinajstić information content (AvgIpc) is 3.28. The van der Waals surface area contributed by atoms with Crippen LogP contribution in [0.3, 0.4) is 0 Å². The Hall–Kier alpha value is -3.76. The first-order chi connectivity index (χ1) is 13.2. The van der Waals surface area contributed by atoms with Crippen LogP contribution in [-0.4, -0.2) is 44.5 Å². The summed E-state index contributed by atoms with van der Waals surface area (Å²) in [6.07, 6.45) is 2.77. The molecule has 27 heavy (non-hydrogen) atoms. The Labute approximate surface area is 154 Å². The number of rotatable bonds is 7. The first-order valence-corrected chi connectivity index (χ1v) is 8.15. The number of para-hydroxylation sites is 1. The van der Waals surface area contributed by atoms with Crippen LogP contribution >= 0.6 is 0 Å². The second-order valence-electron chi connectivity index (χ2n) is 5.46. The summed E-state index contributed by atoms with van der Waals surface area (Å²) in [7, 11) is 1.56. The lowest BCUT2D eigenvalue weighted by molar-refractivity contribution is 0.0949. The standard InChI is InChI=1S/C16H18N8O3/c1-3-6-11-13(19-23-24(11)15-14(17)21-27-22-15)16(25)20-18-9-10-7-4-5-8-12(10)26-2/h4-5,7-9H,3,6H2,1-2H3,(H2,17,21)(H,20,25)/b18-9+. The molecule has 0 unspecified atom stereocenters. The van der Waals surface area contributed by atoms with Gasteiger partial charge >= 0.3 is 0 Å². The molecule has 0 bridgehead atoms. The van der Waals surface area contributed by atoms with E-state index in [1.54, 1.807) is 13.2 Å². The summed E-state index contributed by atoms with van der Waals surface area (Å²) >= 11 is 0. The first kappa shape index (κ1) is 18.0. The molecule has 0 aliphatic carbocycles. The molecule has 0 atom stereocenters. The van der Waals surface area contributed by atoms with E-state index in [-0.39, 0.29) is 17.3 Å². The Morgan fingerprint density at radius 2 is 2.22 bits per heavy atom. The van der Waals surface area contributed by atoms with E-state index in [2.05, 4.69) is 35.8 Å². The number of nitrogens with one attached hydrogen (secondary N) is 1. The lowest BCUT2D eigenvalue weighted by Gasteiger charge is -2.04. The molecule has 140 valence electrons. The monoisotopic (exact) mass is 370 g/mol. The number of carbonyl (C=O) groups excluding carboxylic acids is 1. The number of hydrazone groups is 1. The van der Waals surface area contributed by atoms with Crippen LogP contribution in [0.15, 0.2) is 34.0 Å². The van der Waals surface area contributed by atoms with Crippen LogP contribution in [0.25, 0.3) is 5.82 Å². The van der Waals surface area contributed by atoms with E-state index in [0.717, 1.165) is 12.0 Å². The first-order valence-electron chi connectivity index (χ1n) is 8.15. The summed E-state index contributed by atoms with van der Waals surface area (Å²) in [5, 5.41) is 19.0. The predicted octanol–water partition coefficient (Wildman–Crippen LogP) is 0.957. The fourth-order valence-corrected chi connectivity index (χ4v) is 2.43. The molecule has 3 N–H and O–H groups in total. The minimum atomic E-state index is -0.508. The zero-order chi connectivity index (χ0) is 19.2. The summed E-state index contributed by atoms with van der Waals surface area (Å²) in [6.45, 7) is 1.96. The number of methoxy groups -OCH3 is 1. The van der Waals surface area contributed by atoms with Crippen molar-refractivity contribution in [3.8, 4) is 11.6 Å². The van der Waals surface area contributed by atoms with Crippen molar-refractivity contribution in [2.24, 2.45) is 5.10 Å². The summed E-state index contributed by atoms with van der Waals surface area (Å²) in [4.78, 5) is 12.5. The molecule has 0 saturated heterocycles. The van der Waals surface area contributed by atoms with E-state index in [1.165, 1.54) is 10.9 Å². The number of amides is 1. The number of benzene rings is 1. The van der Waals surface area contributed by atoms with Gasteiger partial charge in [-0.2, -0.15) is 9.78 Å². The molecule has 0 aliphatic rings. The molecule has 1 amide bonds. The van der Waals surface area contributed by atoms with Crippen molar-refractivity contribution in [1.82, 2.24) is 30.7 Å². The normalized spacial score (nSPS) is 11.0. The fourth-order valence-electron chi connectivity index (χ4n) is 2.43. The smallest absolute Gasteiger partial charge is 0.293 e. The highest BCUT2D eigenvalue weighted by atomic mass is 16.6. The molecule has 0 saturated carbocycles. The van der Waals surface area contributed by atoms with Gasteiger partial charge in [0.2, 0.25) is 11.6 Å². The second-order valence-corrected chi connectivity index (χ2v) is 5.46. The molecule has 11 heteroatoms. The number of hydrogen-bond donors (Lipinski definition) is 2. The van der Waals surface area contributed by atoms with Crippen molar-refractivity contribution >= 4 is 17.9 Å². The number of nitrogen functional groups attached to an aromatic ring is 1. The highest BCUT2D eigenvalue weighted by Gasteiger charge is 2.23. The topological polar surface area (TPSA) is 146 Å². The van der Waals surface area contributed by atoms with Gasteiger partial charge in [0, 0.05) is 5.56 Å². The van der Waals surface area contributed by atoms with E-state index < -0.39 is 5.91 Å². The third kappa shape index (κ3) is 3.76. The molecule has 1 aromatic carbocycles. The molecule has 3 rings (SSSR count). The second kappa shape index (κ2) is 8.08. The molecular formula is C16H18N8O3. The van der Waals surface area contributed by atoms with Crippen LogP contribution < -0.4 is 15.9 Å². The van der Waals surface area contributed by atoms with Crippen molar-refractivity contribution < 1.29 is 14.2 Å². The van der Waals surface area contributed by atoms with E-state index in [0.29, 0.717) is 17.9 Å². The van der Waals surface area contributed by atoms with Gasteiger partial charge in [-0.25, -0.2) is 10.1 Å². The van der Waals surface area contributed by atoms with Gasteiger partial charge in [0.1, 0.15) is 5.75 Å². The van der Waals surface area contributed by atoms with Gasteiger partial charge in [0.25, 0.3) is 5.91 Å². The van der Waals surface area contributed by atoms with Crippen molar-refractivity contribution in [2.45, 2.75) is 19.8 Å². The highest BCUT2D eigenvalue weighted by Crippen LogP contribution is 2.17. The minimum absolute atomic E-state index is 0.0541. The van der Waals surface area contributed by atoms with Crippen molar-refractivity contribution in [3.05, 3.63) is 41.2 Å². The predicted molar refractivity (Wildman–Crippen MR) is 95.7 cm³/mol. The van der Waals surface area contributed by atoms with Crippen LogP contribution in [0.1, 0.15) is 35.1 Å². The molecule has 3 aromatic rings. The third-order valence-corrected chi connectivity index (χ3v) is 3.67. The Morgan fingerprint density at radius 3 is 2.93 bits per heavy atom. The number of nitrogens with two attached hydrogens (primary N) is 1. The molecule has 0 aliphatic heterocycles. The Kier molecular flexibility index (Phi) is 5.40. The Bertz CT molecular complexity index is 962. The Balaban J connectivity index is 1.81. The quantitative estimate of drug-likeness (QED) is 0.462. The number of carbonyl (C=O) groups is 1. The molecule has 0 radical (unpaired) electrons. The summed E-state index contributed by atoms with van der Waals surface area (Å²) in [5.74, 6) is 0.369. The SMILES string of the molecule is CCCc1c(C(=O)N/N=C/c2ccccc2OC)nnn1-c1nonc1N. The van der Waals surface area contributed by atoms with Gasteiger partial charge in [0.15, 0.2) is 5.69 Å². The number of ether oxygens (including phenoxy) is 1. The van der Waals surface area contributed by atoms with Gasteiger partial charge in [-0.3, -0.25) is 4.79 Å². The Morgan fingerprint density at radius 1 is 1.41 bits per heavy atom. The zero-order valence-electron chi connectivity index (χ0n) is 14.8. The van der Waals surface area contributed by atoms with E-state index in [4.69, 9.17) is 10.5 Å². The van der Waals surface area contributed by atoms with Gasteiger partial charge in [0.05, 0.1) is 19.0 Å². The molecule has 0 fully saturated rings. The fraction of sp³-hybridized carbons (Fsp3) is 0.250. The van der Waals surface area contributed by atoms with Gasteiger partial charge in [-0.1, -0.05) is 30.7 Å². The summed E-state index contributed by atoms with van der Waals surface area (Å²) in [6, 6.07) is 7.29. The number of anilines is 1. The van der Waals surface area contributed by atoms with Gasteiger partial charge in [-0.15, -0.1) is 5.10 Å². The van der Waals surface area contributed by atoms with Crippen molar-refractivity contribution in [2.75, 3.05) is 12.8 Å². The average molecular weight is 370 g/mol. The van der Waals surface area contributed by atoms with Crippen molar-refractivity contribution in [3.63, 3.8) is 0 Å². The van der Waals surface area contributed by atoms with Crippen LogP contribution in [-0.2, 0) is 6.42 Å². The molecule has 11 nitrogen and oxygen atoms in total. The molecule has 2 heterocycles. The van der Waals surface area contributed by atoms with E-state index >= 15 is 0 Å².